The Morgan fingerprint density at radius 2 is 1.73 bits per heavy atom. The van der Waals surface area contributed by atoms with Gasteiger partial charge in [0, 0.05) is 23.2 Å². The van der Waals surface area contributed by atoms with Crippen LogP contribution >= 0.6 is 11.6 Å². The molecule has 0 aliphatic rings. The number of rotatable bonds is 10. The van der Waals surface area contributed by atoms with Crippen molar-refractivity contribution in [2.75, 3.05) is 27.4 Å². The normalized spacial score (nSPS) is 11.1. The maximum Gasteiger partial charge on any atom is 0.258 e. The summed E-state index contributed by atoms with van der Waals surface area (Å²) < 4.78 is 16.2. The number of carbonyl (C=O) groups is 1. The van der Waals surface area contributed by atoms with Gasteiger partial charge in [-0.25, -0.2) is 0 Å². The molecule has 2 N–H and O–H groups in total. The molecule has 0 spiro atoms. The molecule has 164 valence electrons. The molecule has 0 radical (unpaired) electrons. The first-order valence-electron chi connectivity index (χ1n) is 9.85. The minimum absolute atomic E-state index is 0.108. The minimum Gasteiger partial charge on any atom is -0.497 e. The topological polar surface area (TPSA) is 68.8 Å². The highest BCUT2D eigenvalue weighted by Gasteiger charge is 2.16. The third kappa shape index (κ3) is 7.76. The van der Waals surface area contributed by atoms with Crippen molar-refractivity contribution in [1.82, 2.24) is 10.6 Å². The van der Waals surface area contributed by atoms with Gasteiger partial charge < -0.3 is 24.8 Å². The molecule has 6 nitrogen and oxygen atoms in total. The van der Waals surface area contributed by atoms with Gasteiger partial charge in [0.25, 0.3) is 5.91 Å². The monoisotopic (exact) mass is 434 g/mol. The number of halogens is 1. The lowest BCUT2D eigenvalue weighted by molar-refractivity contribution is -0.124. The van der Waals surface area contributed by atoms with Crippen molar-refractivity contribution in [3.63, 3.8) is 0 Å². The Morgan fingerprint density at radius 3 is 2.33 bits per heavy atom. The first kappa shape index (κ1) is 23.8. The number of hydrogen-bond donors (Lipinski definition) is 2. The molecule has 0 saturated carbocycles. The predicted molar refractivity (Wildman–Crippen MR) is 120 cm³/mol. The Bertz CT molecular complexity index is 832. The number of amides is 1. The van der Waals surface area contributed by atoms with E-state index in [-0.39, 0.29) is 18.1 Å². The molecule has 0 saturated heterocycles. The number of hydrogen-bond acceptors (Lipinski definition) is 5. The fourth-order valence-corrected chi connectivity index (χ4v) is 3.05. The van der Waals surface area contributed by atoms with Crippen molar-refractivity contribution in [1.29, 1.82) is 0 Å². The predicted octanol–water partition coefficient (Wildman–Crippen LogP) is 3.98. The summed E-state index contributed by atoms with van der Waals surface area (Å²) in [6.45, 7) is 7.03. The molecule has 0 unspecified atom stereocenters. The molecule has 0 fully saturated rings. The third-order valence-corrected chi connectivity index (χ3v) is 4.62. The molecule has 1 amide bonds. The second-order valence-corrected chi connectivity index (χ2v) is 8.36. The van der Waals surface area contributed by atoms with Gasteiger partial charge in [-0.3, -0.25) is 4.79 Å². The van der Waals surface area contributed by atoms with E-state index in [1.165, 1.54) is 5.56 Å². The second kappa shape index (κ2) is 11.1. The Labute approximate surface area is 183 Å². The first-order valence-corrected chi connectivity index (χ1v) is 10.2. The van der Waals surface area contributed by atoms with Crippen molar-refractivity contribution >= 4 is 17.5 Å². The van der Waals surface area contributed by atoms with E-state index in [1.54, 1.807) is 20.3 Å². The molecular formula is C23H31ClN2O4. The van der Waals surface area contributed by atoms with E-state index in [4.69, 9.17) is 25.8 Å². The summed E-state index contributed by atoms with van der Waals surface area (Å²) in [4.78, 5) is 12.0. The van der Waals surface area contributed by atoms with Crippen LogP contribution in [0.3, 0.4) is 0 Å². The Morgan fingerprint density at radius 1 is 1.03 bits per heavy atom. The summed E-state index contributed by atoms with van der Waals surface area (Å²) in [7, 11) is 3.22. The van der Waals surface area contributed by atoms with E-state index >= 15 is 0 Å². The molecule has 0 atom stereocenters. The first-order chi connectivity index (χ1) is 14.2. The van der Waals surface area contributed by atoms with Crippen molar-refractivity contribution in [2.45, 2.75) is 39.3 Å². The van der Waals surface area contributed by atoms with Gasteiger partial charge in [0.05, 0.1) is 14.2 Å². The lowest BCUT2D eigenvalue weighted by Gasteiger charge is -2.21. The summed E-state index contributed by atoms with van der Waals surface area (Å²) >= 11 is 6.42. The maximum absolute atomic E-state index is 12.0. The van der Waals surface area contributed by atoms with E-state index in [0.29, 0.717) is 23.1 Å². The zero-order chi connectivity index (χ0) is 22.1. The van der Waals surface area contributed by atoms with Crippen molar-refractivity contribution < 1.29 is 19.0 Å². The molecule has 0 bridgehead atoms. The summed E-state index contributed by atoms with van der Waals surface area (Å²) in [5.74, 6) is 1.62. The average Bonchev–Trinajstić information content (AvgIpc) is 2.69. The summed E-state index contributed by atoms with van der Waals surface area (Å²) in [6.07, 6.45) is 0.892. The minimum atomic E-state index is -0.316. The smallest absolute Gasteiger partial charge is 0.258 e. The molecule has 0 aliphatic carbocycles. The zero-order valence-corrected chi connectivity index (χ0v) is 19.1. The molecule has 0 aliphatic heterocycles. The van der Waals surface area contributed by atoms with Crippen LogP contribution in [-0.2, 0) is 17.8 Å². The van der Waals surface area contributed by atoms with E-state index in [2.05, 4.69) is 22.8 Å². The second-order valence-electron chi connectivity index (χ2n) is 7.96. The zero-order valence-electron chi connectivity index (χ0n) is 18.3. The number of carbonyl (C=O) groups excluding carboxylic acids is 1. The van der Waals surface area contributed by atoms with Crippen LogP contribution in [0.4, 0.5) is 0 Å². The van der Waals surface area contributed by atoms with Crippen molar-refractivity contribution in [3.05, 3.63) is 52.5 Å². The molecule has 7 heteroatoms. The van der Waals surface area contributed by atoms with Gasteiger partial charge in [0.15, 0.2) is 18.1 Å². The standard InChI is InChI=1S/C23H31ClN2O4/c1-23(2,3)26-22(27)15-30-21-13-19(24)17(12-20(21)29-5)14-25-11-10-16-6-8-18(28-4)9-7-16/h6-9,12-13,25H,10-11,14-15H2,1-5H3,(H,26,27). The SMILES string of the molecule is COc1ccc(CCNCc2cc(OC)c(OCC(=O)NC(C)(C)C)cc2Cl)cc1. The largest absolute Gasteiger partial charge is 0.497 e. The van der Waals surface area contributed by atoms with Crippen LogP contribution in [0, 0.1) is 0 Å². The van der Waals surface area contributed by atoms with Crippen LogP contribution < -0.4 is 24.8 Å². The highest BCUT2D eigenvalue weighted by Crippen LogP contribution is 2.33. The lowest BCUT2D eigenvalue weighted by atomic mass is 10.1. The lowest BCUT2D eigenvalue weighted by Crippen LogP contribution is -2.43. The van der Waals surface area contributed by atoms with Crippen LogP contribution in [0.15, 0.2) is 36.4 Å². The highest BCUT2D eigenvalue weighted by atomic mass is 35.5. The van der Waals surface area contributed by atoms with E-state index in [9.17, 15) is 4.79 Å². The average molecular weight is 435 g/mol. The van der Waals surface area contributed by atoms with E-state index < -0.39 is 0 Å². The number of nitrogens with one attached hydrogen (secondary N) is 2. The molecule has 0 aromatic heterocycles. The Hall–Kier alpha value is -2.44. The number of benzene rings is 2. The van der Waals surface area contributed by atoms with Crippen LogP contribution in [0.25, 0.3) is 0 Å². The summed E-state index contributed by atoms with van der Waals surface area (Å²) in [5, 5.41) is 6.80. The van der Waals surface area contributed by atoms with Crippen LogP contribution in [0.5, 0.6) is 17.2 Å². The van der Waals surface area contributed by atoms with Gasteiger partial charge in [-0.1, -0.05) is 23.7 Å². The van der Waals surface area contributed by atoms with Crippen molar-refractivity contribution in [2.24, 2.45) is 0 Å². The Kier molecular flexibility index (Phi) is 8.81. The summed E-state index contributed by atoms with van der Waals surface area (Å²) in [6, 6.07) is 11.5. The van der Waals surface area contributed by atoms with Gasteiger partial charge >= 0.3 is 0 Å². The fraction of sp³-hybridized carbons (Fsp3) is 0.435. The fourth-order valence-electron chi connectivity index (χ4n) is 2.83. The third-order valence-electron chi connectivity index (χ3n) is 4.27. The molecular weight excluding hydrogens is 404 g/mol. The maximum atomic E-state index is 12.0. The quantitative estimate of drug-likeness (QED) is 0.553. The molecule has 2 aromatic rings. The van der Waals surface area contributed by atoms with Crippen LogP contribution in [0.2, 0.25) is 5.02 Å². The van der Waals surface area contributed by atoms with Gasteiger partial charge in [-0.15, -0.1) is 0 Å². The van der Waals surface area contributed by atoms with Gasteiger partial charge in [-0.05, 0) is 63.1 Å². The Balaban J connectivity index is 1.90. The molecule has 0 heterocycles. The van der Waals surface area contributed by atoms with Gasteiger partial charge in [0.1, 0.15) is 5.75 Å². The highest BCUT2D eigenvalue weighted by molar-refractivity contribution is 6.31. The van der Waals surface area contributed by atoms with E-state index in [1.807, 2.05) is 39.0 Å². The van der Waals surface area contributed by atoms with Crippen LogP contribution in [-0.4, -0.2) is 38.8 Å². The molecule has 30 heavy (non-hydrogen) atoms. The van der Waals surface area contributed by atoms with Gasteiger partial charge in [0.2, 0.25) is 0 Å². The number of methoxy groups -OCH3 is 2. The number of ether oxygens (including phenoxy) is 3. The van der Waals surface area contributed by atoms with Crippen LogP contribution in [0.1, 0.15) is 31.9 Å². The summed E-state index contributed by atoms with van der Waals surface area (Å²) in [5.41, 5.74) is 1.81. The molecule has 2 rings (SSSR count). The van der Waals surface area contributed by atoms with Crippen molar-refractivity contribution in [3.8, 4) is 17.2 Å². The molecule has 2 aromatic carbocycles. The van der Waals surface area contributed by atoms with Gasteiger partial charge in [-0.2, -0.15) is 0 Å². The van der Waals surface area contributed by atoms with E-state index in [0.717, 1.165) is 24.3 Å².